The van der Waals surface area contributed by atoms with E-state index in [1.54, 1.807) is 13.0 Å². The lowest BCUT2D eigenvalue weighted by atomic mass is 9.77. The van der Waals surface area contributed by atoms with Gasteiger partial charge in [-0.1, -0.05) is 17.3 Å². The molecule has 5 rings (SSSR count). The lowest BCUT2D eigenvalue weighted by Gasteiger charge is -2.39. The fourth-order valence-corrected chi connectivity index (χ4v) is 5.47. The Morgan fingerprint density at radius 1 is 0.973 bits per heavy atom. The highest BCUT2D eigenvalue weighted by atomic mass is 16.5. The summed E-state index contributed by atoms with van der Waals surface area (Å²) < 4.78 is 6.92. The van der Waals surface area contributed by atoms with Crippen LogP contribution in [0.5, 0.6) is 0 Å². The first-order valence-electron chi connectivity index (χ1n) is 13.0. The highest BCUT2D eigenvalue weighted by Gasteiger charge is 2.42. The molecule has 2 aliphatic heterocycles. The van der Waals surface area contributed by atoms with Crippen molar-refractivity contribution in [1.29, 1.82) is 0 Å². The van der Waals surface area contributed by atoms with Gasteiger partial charge in [-0.3, -0.25) is 14.4 Å². The first kappa shape index (κ1) is 24.8. The Balaban J connectivity index is 1.09. The van der Waals surface area contributed by atoms with Crippen LogP contribution in [0, 0.1) is 12.3 Å². The summed E-state index contributed by atoms with van der Waals surface area (Å²) in [6.07, 6.45) is 7.76. The van der Waals surface area contributed by atoms with E-state index in [1.165, 1.54) is 0 Å². The monoisotopic (exact) mass is 503 g/mol. The molecule has 0 unspecified atom stereocenters. The van der Waals surface area contributed by atoms with Gasteiger partial charge in [0.15, 0.2) is 5.82 Å². The van der Waals surface area contributed by atoms with Crippen molar-refractivity contribution < 1.29 is 18.9 Å². The number of nitrogens with one attached hydrogen (secondary N) is 1. The van der Waals surface area contributed by atoms with Crippen molar-refractivity contribution in [1.82, 2.24) is 19.5 Å². The van der Waals surface area contributed by atoms with Crippen LogP contribution in [0.15, 0.2) is 59.4 Å². The van der Waals surface area contributed by atoms with Gasteiger partial charge >= 0.3 is 0 Å². The van der Waals surface area contributed by atoms with Gasteiger partial charge in [0.1, 0.15) is 5.76 Å². The van der Waals surface area contributed by atoms with Crippen LogP contribution in [0.1, 0.15) is 54.6 Å². The minimum absolute atomic E-state index is 0.0594. The molecule has 194 valence electrons. The number of anilines is 1. The molecule has 1 N–H and O–H groups in total. The summed E-state index contributed by atoms with van der Waals surface area (Å²) in [6, 6.07) is 13.3. The Morgan fingerprint density at radius 3 is 2.38 bits per heavy atom. The maximum atomic E-state index is 13.4. The smallest absolute Gasteiger partial charge is 0.255 e. The largest absolute Gasteiger partial charge is 0.360 e. The summed E-state index contributed by atoms with van der Waals surface area (Å²) in [5.74, 6) is 1.01. The molecule has 2 fully saturated rings. The molecule has 2 saturated heterocycles. The summed E-state index contributed by atoms with van der Waals surface area (Å²) in [5.41, 5.74) is 1.68. The first-order chi connectivity index (χ1) is 17.9. The van der Waals surface area contributed by atoms with Crippen LogP contribution >= 0.6 is 0 Å². The maximum absolute atomic E-state index is 13.4. The van der Waals surface area contributed by atoms with Gasteiger partial charge in [-0.15, -0.1) is 0 Å². The first-order valence-corrected chi connectivity index (χ1v) is 13.0. The number of aryl methyl sites for hydroxylation is 1. The minimum atomic E-state index is -0.172. The zero-order valence-corrected chi connectivity index (χ0v) is 21.2. The Bertz CT molecular complexity index is 1260. The van der Waals surface area contributed by atoms with E-state index in [2.05, 4.69) is 10.5 Å². The van der Waals surface area contributed by atoms with Gasteiger partial charge in [0.2, 0.25) is 11.8 Å². The molecule has 2 aromatic heterocycles. The molecular weight excluding hydrogens is 470 g/mol. The van der Waals surface area contributed by atoms with Gasteiger partial charge in [-0.05, 0) is 62.3 Å². The number of benzene rings is 1. The van der Waals surface area contributed by atoms with Crippen LogP contribution in [0.25, 0.3) is 5.69 Å². The predicted octanol–water partition coefficient (Wildman–Crippen LogP) is 4.04. The van der Waals surface area contributed by atoms with Crippen LogP contribution in [0.2, 0.25) is 0 Å². The number of amides is 3. The Hall–Kier alpha value is -3.88. The highest BCUT2D eigenvalue weighted by Crippen LogP contribution is 2.41. The lowest BCUT2D eigenvalue weighted by Crippen LogP contribution is -2.44. The molecule has 3 aromatic rings. The lowest BCUT2D eigenvalue weighted by molar-refractivity contribution is -0.130. The van der Waals surface area contributed by atoms with Crippen molar-refractivity contribution in [2.24, 2.45) is 5.41 Å². The van der Waals surface area contributed by atoms with Gasteiger partial charge in [-0.2, -0.15) is 0 Å². The van der Waals surface area contributed by atoms with Crippen molar-refractivity contribution in [2.75, 3.05) is 31.5 Å². The predicted molar refractivity (Wildman–Crippen MR) is 138 cm³/mol. The zero-order chi connectivity index (χ0) is 25.8. The summed E-state index contributed by atoms with van der Waals surface area (Å²) in [4.78, 5) is 42.2. The van der Waals surface area contributed by atoms with E-state index in [1.807, 2.05) is 63.2 Å². The molecule has 3 amide bonds. The van der Waals surface area contributed by atoms with E-state index in [4.69, 9.17) is 4.52 Å². The van der Waals surface area contributed by atoms with Gasteiger partial charge in [-0.25, -0.2) is 0 Å². The second kappa shape index (κ2) is 10.6. The number of hydrogen-bond acceptors (Lipinski definition) is 5. The van der Waals surface area contributed by atoms with Crippen molar-refractivity contribution in [3.8, 4) is 5.69 Å². The topological polar surface area (TPSA) is 101 Å². The van der Waals surface area contributed by atoms with Crippen LogP contribution in [0.4, 0.5) is 5.82 Å². The number of piperidine rings is 1. The fourth-order valence-electron chi connectivity index (χ4n) is 5.47. The number of carbonyl (C=O) groups is 3. The Labute approximate surface area is 216 Å². The molecule has 0 bridgehead atoms. The van der Waals surface area contributed by atoms with Gasteiger partial charge in [0.05, 0.1) is 11.3 Å². The van der Waals surface area contributed by atoms with Gasteiger partial charge in [0.25, 0.3) is 5.91 Å². The third kappa shape index (κ3) is 5.60. The van der Waals surface area contributed by atoms with Crippen molar-refractivity contribution in [3.63, 3.8) is 0 Å². The molecule has 9 nitrogen and oxygen atoms in total. The SMILES string of the molecule is Cc1cc(NC(=O)CCCC(=O)N2CCC3(CCN(C(=O)c4ccccc4-n4cccc4)CC3)C2)no1. The standard InChI is InChI=1S/C28H33N5O4/c1-21-19-24(30-37-21)29-25(34)9-6-10-26(35)33-18-13-28(20-33)11-16-32(17-12-28)27(36)22-7-2-3-8-23(22)31-14-4-5-15-31/h2-5,7-8,14-15,19H,6,9-13,16-18,20H2,1H3,(H,29,30,34). The van der Waals surface area contributed by atoms with E-state index in [0.717, 1.165) is 38.0 Å². The summed E-state index contributed by atoms with van der Waals surface area (Å²) in [7, 11) is 0. The molecular formula is C28H33N5O4. The van der Waals surface area contributed by atoms with E-state index in [9.17, 15) is 14.4 Å². The molecule has 37 heavy (non-hydrogen) atoms. The number of aromatic nitrogens is 2. The average molecular weight is 504 g/mol. The summed E-state index contributed by atoms with van der Waals surface area (Å²) >= 11 is 0. The molecule has 0 saturated carbocycles. The molecule has 1 spiro atoms. The van der Waals surface area contributed by atoms with Crippen molar-refractivity contribution >= 4 is 23.5 Å². The fraction of sp³-hybridized carbons (Fsp3) is 0.429. The van der Waals surface area contributed by atoms with E-state index < -0.39 is 0 Å². The van der Waals surface area contributed by atoms with E-state index >= 15 is 0 Å². The summed E-state index contributed by atoms with van der Waals surface area (Å²) in [5, 5.41) is 6.44. The van der Waals surface area contributed by atoms with Crippen LogP contribution < -0.4 is 5.32 Å². The number of nitrogens with zero attached hydrogens (tertiary/aromatic N) is 4. The van der Waals surface area contributed by atoms with Crippen LogP contribution in [0.3, 0.4) is 0 Å². The molecule has 0 atom stereocenters. The Kier molecular flexibility index (Phi) is 7.12. The normalized spacial score (nSPS) is 16.8. The second-order valence-electron chi connectivity index (χ2n) is 10.2. The van der Waals surface area contributed by atoms with Gasteiger partial charge < -0.3 is 24.2 Å². The number of likely N-dealkylation sites (tertiary alicyclic amines) is 2. The van der Waals surface area contributed by atoms with Crippen molar-refractivity contribution in [2.45, 2.75) is 45.4 Å². The molecule has 0 aliphatic carbocycles. The molecule has 9 heteroatoms. The van der Waals surface area contributed by atoms with E-state index in [-0.39, 0.29) is 29.6 Å². The zero-order valence-electron chi connectivity index (χ0n) is 21.2. The molecule has 1 aromatic carbocycles. The van der Waals surface area contributed by atoms with Gasteiger partial charge in [0, 0.05) is 57.5 Å². The van der Waals surface area contributed by atoms with Crippen LogP contribution in [-0.2, 0) is 9.59 Å². The third-order valence-electron chi connectivity index (χ3n) is 7.61. The van der Waals surface area contributed by atoms with E-state index in [0.29, 0.717) is 43.1 Å². The number of hydrogen-bond donors (Lipinski definition) is 1. The quantitative estimate of drug-likeness (QED) is 0.525. The Morgan fingerprint density at radius 2 is 1.68 bits per heavy atom. The number of carbonyl (C=O) groups excluding carboxylic acids is 3. The number of para-hydroxylation sites is 1. The molecule has 0 radical (unpaired) electrons. The molecule has 4 heterocycles. The maximum Gasteiger partial charge on any atom is 0.255 e. The minimum Gasteiger partial charge on any atom is -0.360 e. The van der Waals surface area contributed by atoms with Crippen molar-refractivity contribution in [3.05, 3.63) is 66.2 Å². The number of rotatable bonds is 7. The third-order valence-corrected chi connectivity index (χ3v) is 7.61. The molecule has 2 aliphatic rings. The van der Waals surface area contributed by atoms with Crippen LogP contribution in [-0.4, -0.2) is 63.4 Å². The second-order valence-corrected chi connectivity index (χ2v) is 10.2. The average Bonchev–Trinajstić information content (AvgIpc) is 3.66. The summed E-state index contributed by atoms with van der Waals surface area (Å²) in [6.45, 7) is 4.63. The highest BCUT2D eigenvalue weighted by molar-refractivity contribution is 5.98.